The van der Waals surface area contributed by atoms with Crippen LogP contribution in [0.4, 0.5) is 5.13 Å². The molecule has 0 bridgehead atoms. The zero-order chi connectivity index (χ0) is 26.6. The maximum atomic E-state index is 13.3. The number of aromatic amines is 1. The maximum absolute atomic E-state index is 13.3. The second-order valence-electron chi connectivity index (χ2n) is 7.99. The Hall–Kier alpha value is -3.77. The normalized spacial score (nSPS) is 22.6. The second kappa shape index (κ2) is 11.3. The molecule has 4 N–H and O–H groups in total. The lowest BCUT2D eigenvalue weighted by Crippen LogP contribution is -2.71. The van der Waals surface area contributed by atoms with E-state index < -0.39 is 29.2 Å². The minimum Gasteiger partial charge on any atom is -0.477 e. The molecule has 0 aromatic carbocycles. The molecule has 198 valence electrons. The highest BCUT2D eigenvalue weighted by atomic mass is 32.2. The molecule has 1 aliphatic carbocycles. The smallest absolute Gasteiger partial charge is 0.352 e. The van der Waals surface area contributed by atoms with Crippen LogP contribution >= 0.6 is 34.9 Å². The van der Waals surface area contributed by atoms with Crippen LogP contribution in [0.2, 0.25) is 0 Å². The first kappa shape index (κ1) is 25.9. The summed E-state index contributed by atoms with van der Waals surface area (Å²) < 4.78 is 0. The largest absolute Gasteiger partial charge is 0.477 e. The van der Waals surface area contributed by atoms with Crippen LogP contribution in [0.15, 0.2) is 39.1 Å². The lowest BCUT2D eigenvalue weighted by Gasteiger charge is -2.49. The number of H-pyrrole nitrogens is 1. The number of hydrogen-bond donors (Lipinski definition) is 4. The molecule has 0 saturated carbocycles. The molecule has 1 saturated heterocycles. The number of carboxylic acid groups (broad SMARTS) is 1. The molecule has 0 spiro atoms. The number of β-lactam (4-membered cyclic amide) rings is 1. The van der Waals surface area contributed by atoms with Gasteiger partial charge < -0.3 is 20.6 Å². The number of thioether (sulfide) groups is 2. The van der Waals surface area contributed by atoms with Gasteiger partial charge in [0.25, 0.3) is 11.8 Å². The SMILES string of the molecule is O=CNc1nc(C(=NOC2C=CCC2)C(=O)NC2C(=O)N3C(C(=O)O)=C(CSc4nn[nH]n4)CS[C@@H]23)cs1. The summed E-state index contributed by atoms with van der Waals surface area (Å²) in [5, 5.41) is 33.9. The van der Waals surface area contributed by atoms with Crippen LogP contribution in [-0.4, -0.2) is 94.5 Å². The fourth-order valence-corrected chi connectivity index (χ4v) is 6.76. The van der Waals surface area contributed by atoms with Crippen molar-refractivity contribution >= 4 is 69.9 Å². The molecule has 1 fully saturated rings. The van der Waals surface area contributed by atoms with Gasteiger partial charge in [0, 0.05) is 16.9 Å². The number of oxime groups is 1. The standard InChI is InChI=1S/C20H19N9O6S3/c30-8-21-19-22-11(7-38-19)12(26-35-10-3-1-2-4-10)15(31)23-13-16(32)29-14(18(33)34)9(5-36-17(13)29)6-37-20-24-27-28-25-20/h1,3,7-8,10,13,17H,2,4-6H2,(H,23,31)(H,33,34)(H,21,22,30)(H,24,25,27,28)/t10?,13?,17-/m0/s1. The van der Waals surface area contributed by atoms with Crippen molar-refractivity contribution in [3.63, 3.8) is 0 Å². The molecule has 3 aliphatic rings. The van der Waals surface area contributed by atoms with E-state index in [1.54, 1.807) is 0 Å². The molecule has 3 atom stereocenters. The van der Waals surface area contributed by atoms with E-state index in [1.165, 1.54) is 33.8 Å². The van der Waals surface area contributed by atoms with E-state index >= 15 is 0 Å². The van der Waals surface area contributed by atoms with Gasteiger partial charge >= 0.3 is 5.97 Å². The van der Waals surface area contributed by atoms with Gasteiger partial charge in [0.2, 0.25) is 11.6 Å². The van der Waals surface area contributed by atoms with E-state index in [9.17, 15) is 24.3 Å². The Labute approximate surface area is 226 Å². The van der Waals surface area contributed by atoms with Gasteiger partial charge in [-0.2, -0.15) is 5.21 Å². The van der Waals surface area contributed by atoms with Crippen molar-refractivity contribution in [1.29, 1.82) is 0 Å². The van der Waals surface area contributed by atoms with E-state index in [2.05, 4.69) is 41.4 Å². The van der Waals surface area contributed by atoms with E-state index in [4.69, 9.17) is 4.84 Å². The molecule has 3 amide bonds. The van der Waals surface area contributed by atoms with Gasteiger partial charge in [-0.25, -0.2) is 9.78 Å². The van der Waals surface area contributed by atoms with Crippen molar-refractivity contribution in [3.05, 3.63) is 34.5 Å². The molecule has 15 nitrogen and oxygen atoms in total. The Balaban J connectivity index is 1.31. The van der Waals surface area contributed by atoms with Crippen molar-refractivity contribution in [2.45, 2.75) is 35.5 Å². The number of hydrogen-bond acceptors (Lipinski definition) is 13. The summed E-state index contributed by atoms with van der Waals surface area (Å²) in [5.74, 6) is -1.93. The summed E-state index contributed by atoms with van der Waals surface area (Å²) >= 11 is 3.62. The lowest BCUT2D eigenvalue weighted by molar-refractivity contribution is -0.150. The Morgan fingerprint density at radius 1 is 1.42 bits per heavy atom. The number of thiazole rings is 1. The van der Waals surface area contributed by atoms with E-state index in [0.29, 0.717) is 29.3 Å². The number of rotatable bonds is 11. The molecule has 38 heavy (non-hydrogen) atoms. The number of carbonyl (C=O) groups is 4. The summed E-state index contributed by atoms with van der Waals surface area (Å²) in [5.41, 5.74) is 0.406. The molecule has 0 radical (unpaired) electrons. The molecule has 4 heterocycles. The van der Waals surface area contributed by atoms with Crippen LogP contribution in [0.5, 0.6) is 0 Å². The number of aliphatic carboxylic acids is 1. The number of carbonyl (C=O) groups excluding carboxylic acids is 3. The zero-order valence-electron chi connectivity index (χ0n) is 19.3. The highest BCUT2D eigenvalue weighted by Gasteiger charge is 2.54. The van der Waals surface area contributed by atoms with Gasteiger partial charge in [-0.3, -0.25) is 19.3 Å². The fraction of sp³-hybridized carbons (Fsp3) is 0.350. The third-order valence-electron chi connectivity index (χ3n) is 5.63. The van der Waals surface area contributed by atoms with Gasteiger partial charge in [-0.05, 0) is 29.7 Å². The van der Waals surface area contributed by atoms with Crippen LogP contribution in [0, 0.1) is 0 Å². The van der Waals surface area contributed by atoms with Crippen LogP contribution in [0.1, 0.15) is 18.5 Å². The second-order valence-corrected chi connectivity index (χ2v) is 10.9. The van der Waals surface area contributed by atoms with Crippen molar-refractivity contribution in [2.24, 2.45) is 5.16 Å². The number of aromatic nitrogens is 5. The molecular formula is C20H19N9O6S3. The molecule has 2 aliphatic heterocycles. The Bertz CT molecular complexity index is 1340. The van der Waals surface area contributed by atoms with Gasteiger partial charge in [0.1, 0.15) is 28.9 Å². The molecule has 2 aromatic rings. The molecule has 5 rings (SSSR count). The van der Waals surface area contributed by atoms with Gasteiger partial charge in [-0.15, -0.1) is 33.3 Å². The highest BCUT2D eigenvalue weighted by Crippen LogP contribution is 2.41. The first-order valence-electron chi connectivity index (χ1n) is 11.1. The number of anilines is 1. The first-order chi connectivity index (χ1) is 18.5. The number of tetrazole rings is 1. The van der Waals surface area contributed by atoms with Gasteiger partial charge in [0.15, 0.2) is 10.8 Å². The predicted octanol–water partition coefficient (Wildman–Crippen LogP) is 0.195. The van der Waals surface area contributed by atoms with Crippen molar-refractivity contribution in [1.82, 2.24) is 35.8 Å². The topological polar surface area (TPSA) is 205 Å². The van der Waals surface area contributed by atoms with Gasteiger partial charge in [-0.1, -0.05) is 23.0 Å². The van der Waals surface area contributed by atoms with E-state index in [-0.39, 0.29) is 34.1 Å². The Morgan fingerprint density at radius 3 is 3.00 bits per heavy atom. The highest BCUT2D eigenvalue weighted by molar-refractivity contribution is 8.01. The van der Waals surface area contributed by atoms with Crippen LogP contribution in [-0.2, 0) is 24.0 Å². The monoisotopic (exact) mass is 577 g/mol. The molecular weight excluding hydrogens is 558 g/mol. The Morgan fingerprint density at radius 2 is 2.29 bits per heavy atom. The maximum Gasteiger partial charge on any atom is 0.352 e. The Kier molecular flexibility index (Phi) is 7.70. The third kappa shape index (κ3) is 5.27. The van der Waals surface area contributed by atoms with Crippen LogP contribution in [0.25, 0.3) is 0 Å². The summed E-state index contributed by atoms with van der Waals surface area (Å²) in [6, 6.07) is -0.976. The molecule has 2 unspecified atom stereocenters. The van der Waals surface area contributed by atoms with E-state index in [0.717, 1.165) is 17.8 Å². The average molecular weight is 578 g/mol. The summed E-state index contributed by atoms with van der Waals surface area (Å²) in [6.45, 7) is 0. The first-order valence-corrected chi connectivity index (χ1v) is 14.0. The minimum absolute atomic E-state index is 0.116. The average Bonchev–Trinajstić information content (AvgIpc) is 3.69. The number of allylic oxidation sites excluding steroid dienone is 1. The minimum atomic E-state index is -1.24. The number of amides is 3. The third-order valence-corrected chi connectivity index (χ3v) is 8.67. The predicted molar refractivity (Wildman–Crippen MR) is 136 cm³/mol. The number of fused-ring (bicyclic) bond motifs is 1. The van der Waals surface area contributed by atoms with Crippen molar-refractivity contribution in [3.8, 4) is 0 Å². The number of nitrogens with one attached hydrogen (secondary N) is 3. The van der Waals surface area contributed by atoms with Crippen molar-refractivity contribution in [2.75, 3.05) is 16.8 Å². The number of nitrogens with zero attached hydrogens (tertiary/aromatic N) is 6. The summed E-state index contributed by atoms with van der Waals surface area (Å²) in [6.07, 6.45) is 5.47. The lowest BCUT2D eigenvalue weighted by atomic mass is 10.0. The number of carboxylic acids is 1. The molecule has 2 aromatic heterocycles. The zero-order valence-corrected chi connectivity index (χ0v) is 21.7. The summed E-state index contributed by atoms with van der Waals surface area (Å²) in [7, 11) is 0. The summed E-state index contributed by atoms with van der Waals surface area (Å²) in [4.78, 5) is 60.0. The van der Waals surface area contributed by atoms with Crippen molar-refractivity contribution < 1.29 is 29.1 Å². The van der Waals surface area contributed by atoms with E-state index in [1.807, 2.05) is 12.2 Å². The molecule has 18 heteroatoms. The fourth-order valence-electron chi connectivity index (χ4n) is 3.89. The van der Waals surface area contributed by atoms with Gasteiger partial charge in [0.05, 0.1) is 0 Å². The quantitative estimate of drug-likeness (QED) is 0.0706. The van der Waals surface area contributed by atoms with Crippen LogP contribution in [0.3, 0.4) is 0 Å². The van der Waals surface area contributed by atoms with Crippen LogP contribution < -0.4 is 10.6 Å².